The minimum absolute atomic E-state index is 0.0317. The summed E-state index contributed by atoms with van der Waals surface area (Å²) >= 11 is 0. The van der Waals surface area contributed by atoms with E-state index >= 15 is 0 Å². The summed E-state index contributed by atoms with van der Waals surface area (Å²) in [5, 5.41) is 5.89. The van der Waals surface area contributed by atoms with E-state index in [1.165, 1.54) is 0 Å². The van der Waals surface area contributed by atoms with Crippen molar-refractivity contribution >= 4 is 17.5 Å². The van der Waals surface area contributed by atoms with Crippen LogP contribution in [0.3, 0.4) is 0 Å². The number of para-hydroxylation sites is 2. The molecular formula is C17H24N4O3. The van der Waals surface area contributed by atoms with Crippen molar-refractivity contribution in [2.24, 2.45) is 0 Å². The molecule has 130 valence electrons. The molecule has 3 rings (SSSR count). The molecule has 2 aliphatic rings. The number of carbonyl (C=O) groups is 2. The lowest BCUT2D eigenvalue weighted by molar-refractivity contribution is -0.135. The molecular weight excluding hydrogens is 308 g/mol. The third kappa shape index (κ3) is 3.62. The average molecular weight is 332 g/mol. The van der Waals surface area contributed by atoms with Crippen LogP contribution in [0.1, 0.15) is 6.42 Å². The molecule has 2 saturated heterocycles. The van der Waals surface area contributed by atoms with E-state index in [1.54, 1.807) is 7.11 Å². The zero-order valence-electron chi connectivity index (χ0n) is 14.0. The maximum absolute atomic E-state index is 12.4. The summed E-state index contributed by atoms with van der Waals surface area (Å²) in [6, 6.07) is 7.51. The SMILES string of the molecule is COc1ccccc1N1CCN(C(=O)C[C@H]2NCCNC2=O)CC1. The number of hydrogen-bond acceptors (Lipinski definition) is 5. The number of piperazine rings is 2. The Labute approximate surface area is 141 Å². The maximum atomic E-state index is 12.4. The van der Waals surface area contributed by atoms with E-state index < -0.39 is 6.04 Å². The number of hydrogen-bond donors (Lipinski definition) is 2. The zero-order chi connectivity index (χ0) is 16.9. The molecule has 2 aliphatic heterocycles. The highest BCUT2D eigenvalue weighted by Gasteiger charge is 2.28. The Morgan fingerprint density at radius 1 is 1.21 bits per heavy atom. The van der Waals surface area contributed by atoms with E-state index in [-0.39, 0.29) is 18.2 Å². The van der Waals surface area contributed by atoms with E-state index in [0.29, 0.717) is 26.2 Å². The number of rotatable bonds is 4. The van der Waals surface area contributed by atoms with Gasteiger partial charge in [-0.05, 0) is 12.1 Å². The molecule has 2 fully saturated rings. The molecule has 0 radical (unpaired) electrons. The molecule has 7 nitrogen and oxygen atoms in total. The smallest absolute Gasteiger partial charge is 0.237 e. The van der Waals surface area contributed by atoms with Crippen LogP contribution in [0.4, 0.5) is 5.69 Å². The lowest BCUT2D eigenvalue weighted by atomic mass is 10.1. The van der Waals surface area contributed by atoms with Gasteiger partial charge in [-0.25, -0.2) is 0 Å². The van der Waals surface area contributed by atoms with Gasteiger partial charge in [-0.1, -0.05) is 12.1 Å². The highest BCUT2D eigenvalue weighted by Crippen LogP contribution is 2.28. The third-order valence-electron chi connectivity index (χ3n) is 4.57. The minimum Gasteiger partial charge on any atom is -0.495 e. The van der Waals surface area contributed by atoms with Gasteiger partial charge < -0.3 is 25.2 Å². The first-order valence-electron chi connectivity index (χ1n) is 8.36. The number of anilines is 1. The van der Waals surface area contributed by atoms with Crippen LogP contribution < -0.4 is 20.3 Å². The molecule has 0 aliphatic carbocycles. The van der Waals surface area contributed by atoms with Crippen LogP contribution in [0.5, 0.6) is 5.75 Å². The van der Waals surface area contributed by atoms with Gasteiger partial charge in [0.1, 0.15) is 5.75 Å². The predicted octanol–water partition coefficient (Wildman–Crippen LogP) is -0.178. The number of nitrogens with one attached hydrogen (secondary N) is 2. The minimum atomic E-state index is -0.404. The van der Waals surface area contributed by atoms with Crippen LogP contribution in [0.25, 0.3) is 0 Å². The number of ether oxygens (including phenoxy) is 1. The van der Waals surface area contributed by atoms with Gasteiger partial charge in [-0.15, -0.1) is 0 Å². The number of methoxy groups -OCH3 is 1. The highest BCUT2D eigenvalue weighted by molar-refractivity contribution is 5.89. The molecule has 0 saturated carbocycles. The zero-order valence-corrected chi connectivity index (χ0v) is 14.0. The van der Waals surface area contributed by atoms with E-state index in [1.807, 2.05) is 29.2 Å². The Balaban J connectivity index is 1.54. The summed E-state index contributed by atoms with van der Waals surface area (Å²) in [6.07, 6.45) is 0.223. The van der Waals surface area contributed by atoms with Crippen LogP contribution in [-0.4, -0.2) is 69.1 Å². The molecule has 24 heavy (non-hydrogen) atoms. The molecule has 7 heteroatoms. The van der Waals surface area contributed by atoms with Crippen molar-refractivity contribution in [1.82, 2.24) is 15.5 Å². The van der Waals surface area contributed by atoms with Crippen LogP contribution in [0, 0.1) is 0 Å². The number of nitrogens with zero attached hydrogens (tertiary/aromatic N) is 2. The maximum Gasteiger partial charge on any atom is 0.237 e. The normalized spacial score (nSPS) is 21.4. The van der Waals surface area contributed by atoms with Gasteiger partial charge in [0.2, 0.25) is 11.8 Å². The lowest BCUT2D eigenvalue weighted by Crippen LogP contribution is -2.56. The lowest BCUT2D eigenvalue weighted by Gasteiger charge is -2.37. The molecule has 2 heterocycles. The van der Waals surface area contributed by atoms with Crippen molar-refractivity contribution in [2.75, 3.05) is 51.3 Å². The Kier molecular flexibility index (Phi) is 5.20. The molecule has 1 aromatic carbocycles. The Morgan fingerprint density at radius 3 is 2.67 bits per heavy atom. The summed E-state index contributed by atoms with van der Waals surface area (Å²) < 4.78 is 5.41. The summed E-state index contributed by atoms with van der Waals surface area (Å²) in [5.41, 5.74) is 1.06. The Bertz CT molecular complexity index is 599. The second-order valence-electron chi connectivity index (χ2n) is 6.04. The molecule has 1 aromatic rings. The molecule has 2 N–H and O–H groups in total. The summed E-state index contributed by atoms with van der Waals surface area (Å²) in [4.78, 5) is 28.3. The topological polar surface area (TPSA) is 73.9 Å². The number of amides is 2. The Morgan fingerprint density at radius 2 is 1.96 bits per heavy atom. The summed E-state index contributed by atoms with van der Waals surface area (Å²) in [7, 11) is 1.67. The summed E-state index contributed by atoms with van der Waals surface area (Å²) in [6.45, 7) is 4.18. The van der Waals surface area contributed by atoms with Crippen molar-refractivity contribution in [2.45, 2.75) is 12.5 Å². The number of carbonyl (C=O) groups excluding carboxylic acids is 2. The molecule has 2 amide bonds. The second kappa shape index (κ2) is 7.53. The van der Waals surface area contributed by atoms with Crippen molar-refractivity contribution in [3.63, 3.8) is 0 Å². The largest absolute Gasteiger partial charge is 0.495 e. The third-order valence-corrected chi connectivity index (χ3v) is 4.57. The van der Waals surface area contributed by atoms with Crippen LogP contribution in [0.15, 0.2) is 24.3 Å². The molecule has 0 unspecified atom stereocenters. The predicted molar refractivity (Wildman–Crippen MR) is 91.2 cm³/mol. The van der Waals surface area contributed by atoms with E-state index in [2.05, 4.69) is 15.5 Å². The van der Waals surface area contributed by atoms with Gasteiger partial charge >= 0.3 is 0 Å². The molecule has 0 bridgehead atoms. The number of benzene rings is 1. The first kappa shape index (κ1) is 16.6. The fourth-order valence-electron chi connectivity index (χ4n) is 3.20. The van der Waals surface area contributed by atoms with Crippen molar-refractivity contribution in [1.29, 1.82) is 0 Å². The van der Waals surface area contributed by atoms with Gasteiger partial charge in [0.05, 0.1) is 25.3 Å². The van der Waals surface area contributed by atoms with E-state index in [9.17, 15) is 9.59 Å². The first-order valence-corrected chi connectivity index (χ1v) is 8.36. The van der Waals surface area contributed by atoms with E-state index in [4.69, 9.17) is 4.74 Å². The fraction of sp³-hybridized carbons (Fsp3) is 0.529. The van der Waals surface area contributed by atoms with Gasteiger partial charge in [-0.3, -0.25) is 9.59 Å². The molecule has 1 atom stereocenters. The van der Waals surface area contributed by atoms with Gasteiger partial charge in [0.15, 0.2) is 0 Å². The van der Waals surface area contributed by atoms with Crippen LogP contribution in [-0.2, 0) is 9.59 Å². The Hall–Kier alpha value is -2.28. The molecule has 0 spiro atoms. The van der Waals surface area contributed by atoms with Crippen molar-refractivity contribution in [3.05, 3.63) is 24.3 Å². The highest BCUT2D eigenvalue weighted by atomic mass is 16.5. The second-order valence-corrected chi connectivity index (χ2v) is 6.04. The van der Waals surface area contributed by atoms with Gasteiger partial charge in [0, 0.05) is 39.3 Å². The monoisotopic (exact) mass is 332 g/mol. The first-order chi connectivity index (χ1) is 11.7. The van der Waals surface area contributed by atoms with E-state index in [0.717, 1.165) is 24.5 Å². The van der Waals surface area contributed by atoms with Gasteiger partial charge in [0.25, 0.3) is 0 Å². The fourth-order valence-corrected chi connectivity index (χ4v) is 3.20. The summed E-state index contributed by atoms with van der Waals surface area (Å²) in [5.74, 6) is 0.798. The quantitative estimate of drug-likeness (QED) is 0.800. The van der Waals surface area contributed by atoms with Crippen molar-refractivity contribution in [3.8, 4) is 5.75 Å². The van der Waals surface area contributed by atoms with Crippen LogP contribution >= 0.6 is 0 Å². The average Bonchev–Trinajstić information content (AvgIpc) is 2.63. The standard InChI is InChI=1S/C17H24N4O3/c1-24-15-5-3-2-4-14(15)20-8-10-21(11-9-20)16(22)12-13-17(23)19-7-6-18-13/h2-5,13,18H,6-12H2,1H3,(H,19,23)/t13-/m1/s1. The van der Waals surface area contributed by atoms with Gasteiger partial charge in [-0.2, -0.15) is 0 Å². The van der Waals surface area contributed by atoms with Crippen molar-refractivity contribution < 1.29 is 14.3 Å². The van der Waals surface area contributed by atoms with Crippen LogP contribution in [0.2, 0.25) is 0 Å². The molecule has 0 aromatic heterocycles.